The molecule has 0 spiro atoms. The lowest BCUT2D eigenvalue weighted by atomic mass is 9.95. The minimum Gasteiger partial charge on any atom is -0.394 e. The fraction of sp³-hybridized carbons (Fsp3) is 0.500. The Bertz CT molecular complexity index is 630. The second-order valence-electron chi connectivity index (χ2n) is 4.93. The van der Waals surface area contributed by atoms with Crippen LogP contribution in [0, 0.1) is 11.6 Å². The largest absolute Gasteiger partial charge is 0.394 e. The van der Waals surface area contributed by atoms with Crippen LogP contribution < -0.4 is 10.5 Å². The molecule has 0 atom stereocenters. The van der Waals surface area contributed by atoms with Crippen LogP contribution in [-0.4, -0.2) is 38.9 Å². The predicted octanol–water partition coefficient (Wildman–Crippen LogP) is 0.367. The van der Waals surface area contributed by atoms with Gasteiger partial charge in [0.2, 0.25) is 10.0 Å². The smallest absolute Gasteiger partial charge is 0.243 e. The SMILES string of the molecule is Nc1c(F)ccc(S(=O)(=O)NCC2(O)CCOCC2)c1F. The third kappa shape index (κ3) is 3.49. The number of rotatable bonds is 4. The maximum Gasteiger partial charge on any atom is 0.243 e. The molecule has 1 aliphatic heterocycles. The Morgan fingerprint density at radius 2 is 1.95 bits per heavy atom. The Morgan fingerprint density at radius 1 is 1.33 bits per heavy atom. The monoisotopic (exact) mass is 322 g/mol. The molecule has 1 saturated heterocycles. The molecule has 118 valence electrons. The topological polar surface area (TPSA) is 102 Å². The van der Waals surface area contributed by atoms with Crippen molar-refractivity contribution in [1.82, 2.24) is 4.72 Å². The van der Waals surface area contributed by atoms with Crippen molar-refractivity contribution in [2.24, 2.45) is 0 Å². The van der Waals surface area contributed by atoms with Gasteiger partial charge in [-0.25, -0.2) is 21.9 Å². The predicted molar refractivity (Wildman–Crippen MR) is 71.0 cm³/mol. The molecule has 21 heavy (non-hydrogen) atoms. The molecule has 0 bridgehead atoms. The molecular formula is C12H16F2N2O4S. The van der Waals surface area contributed by atoms with Gasteiger partial charge in [-0.15, -0.1) is 0 Å². The van der Waals surface area contributed by atoms with E-state index in [1.54, 1.807) is 0 Å². The van der Waals surface area contributed by atoms with Crippen molar-refractivity contribution in [2.75, 3.05) is 25.5 Å². The molecule has 4 N–H and O–H groups in total. The Morgan fingerprint density at radius 3 is 2.57 bits per heavy atom. The minimum atomic E-state index is -4.24. The number of ether oxygens (including phenoxy) is 1. The van der Waals surface area contributed by atoms with Crippen LogP contribution >= 0.6 is 0 Å². The number of hydrogen-bond donors (Lipinski definition) is 3. The molecule has 1 aliphatic rings. The molecule has 0 aromatic heterocycles. The first-order valence-corrected chi connectivity index (χ1v) is 7.77. The van der Waals surface area contributed by atoms with E-state index in [-0.39, 0.29) is 19.4 Å². The molecule has 1 aromatic rings. The summed E-state index contributed by atoms with van der Waals surface area (Å²) in [7, 11) is -4.24. The molecule has 1 aromatic carbocycles. The number of nitrogens with two attached hydrogens (primary N) is 1. The lowest BCUT2D eigenvalue weighted by molar-refractivity contribution is -0.0588. The number of nitrogen functional groups attached to an aromatic ring is 1. The number of anilines is 1. The zero-order valence-corrected chi connectivity index (χ0v) is 11.9. The molecule has 9 heteroatoms. The number of sulfonamides is 1. The summed E-state index contributed by atoms with van der Waals surface area (Å²) >= 11 is 0. The third-order valence-electron chi connectivity index (χ3n) is 3.40. The first-order valence-electron chi connectivity index (χ1n) is 6.28. The van der Waals surface area contributed by atoms with Gasteiger partial charge in [0.25, 0.3) is 0 Å². The van der Waals surface area contributed by atoms with Gasteiger partial charge in [0, 0.05) is 32.6 Å². The highest BCUT2D eigenvalue weighted by atomic mass is 32.2. The van der Waals surface area contributed by atoms with Crippen molar-refractivity contribution in [1.29, 1.82) is 0 Å². The fourth-order valence-electron chi connectivity index (χ4n) is 1.99. The number of halogens is 2. The van der Waals surface area contributed by atoms with Gasteiger partial charge < -0.3 is 15.6 Å². The summed E-state index contributed by atoms with van der Waals surface area (Å²) in [5, 5.41) is 10.2. The van der Waals surface area contributed by atoms with E-state index < -0.39 is 37.8 Å². The standard InChI is InChI=1S/C12H16F2N2O4S/c13-8-1-2-9(10(14)11(8)15)21(18,19)16-7-12(17)3-5-20-6-4-12/h1-2,16-17H,3-7,15H2. The normalized spacial score (nSPS) is 18.6. The maximum atomic E-state index is 13.8. The molecule has 1 fully saturated rings. The average Bonchev–Trinajstić information content (AvgIpc) is 2.44. The highest BCUT2D eigenvalue weighted by Gasteiger charge is 2.32. The molecule has 6 nitrogen and oxygen atoms in total. The number of nitrogens with one attached hydrogen (secondary N) is 1. The summed E-state index contributed by atoms with van der Waals surface area (Å²) in [6.07, 6.45) is 0.535. The fourth-order valence-corrected chi connectivity index (χ4v) is 3.20. The van der Waals surface area contributed by atoms with Gasteiger partial charge in [-0.1, -0.05) is 0 Å². The highest BCUT2D eigenvalue weighted by molar-refractivity contribution is 7.89. The van der Waals surface area contributed by atoms with Gasteiger partial charge in [0.15, 0.2) is 5.82 Å². The van der Waals surface area contributed by atoms with E-state index in [1.165, 1.54) is 0 Å². The van der Waals surface area contributed by atoms with Crippen LogP contribution in [-0.2, 0) is 14.8 Å². The van der Waals surface area contributed by atoms with Gasteiger partial charge in [0.1, 0.15) is 16.4 Å². The van der Waals surface area contributed by atoms with Crippen molar-refractivity contribution < 1.29 is 27.0 Å². The summed E-state index contributed by atoms with van der Waals surface area (Å²) in [6, 6.07) is 1.56. The van der Waals surface area contributed by atoms with Crippen LogP contribution in [0.25, 0.3) is 0 Å². The van der Waals surface area contributed by atoms with Crippen LogP contribution in [0.2, 0.25) is 0 Å². The molecule has 0 aliphatic carbocycles. The first-order chi connectivity index (χ1) is 9.75. The zero-order valence-electron chi connectivity index (χ0n) is 11.1. The maximum absolute atomic E-state index is 13.8. The van der Waals surface area contributed by atoms with E-state index >= 15 is 0 Å². The van der Waals surface area contributed by atoms with Gasteiger partial charge in [0.05, 0.1) is 5.60 Å². The summed E-state index contributed by atoms with van der Waals surface area (Å²) in [6.45, 7) is 0.349. The van der Waals surface area contributed by atoms with Crippen LogP contribution in [0.1, 0.15) is 12.8 Å². The molecule has 2 rings (SSSR count). The summed E-state index contributed by atoms with van der Waals surface area (Å²) in [5.74, 6) is -2.38. The zero-order chi connectivity index (χ0) is 15.7. The lowest BCUT2D eigenvalue weighted by Gasteiger charge is -2.32. The average molecular weight is 322 g/mol. The van der Waals surface area contributed by atoms with Crippen LogP contribution in [0.5, 0.6) is 0 Å². The number of hydrogen-bond acceptors (Lipinski definition) is 5. The molecule has 0 unspecified atom stereocenters. The van der Waals surface area contributed by atoms with Crippen molar-refractivity contribution in [3.05, 3.63) is 23.8 Å². The summed E-state index contributed by atoms with van der Waals surface area (Å²) in [4.78, 5) is -0.753. The molecule has 1 heterocycles. The van der Waals surface area contributed by atoms with Crippen LogP contribution in [0.4, 0.5) is 14.5 Å². The van der Waals surface area contributed by atoms with Crippen molar-refractivity contribution >= 4 is 15.7 Å². The quantitative estimate of drug-likeness (QED) is 0.695. The minimum absolute atomic E-state index is 0.267. The molecule has 0 amide bonds. The number of benzene rings is 1. The summed E-state index contributed by atoms with van der Waals surface area (Å²) in [5.41, 5.74) is 3.03. The van der Waals surface area contributed by atoms with Crippen molar-refractivity contribution in [3.8, 4) is 0 Å². The second-order valence-corrected chi connectivity index (χ2v) is 6.67. The van der Waals surface area contributed by atoms with Crippen molar-refractivity contribution in [2.45, 2.75) is 23.3 Å². The number of aliphatic hydroxyl groups is 1. The van der Waals surface area contributed by atoms with E-state index in [1.807, 2.05) is 0 Å². The summed E-state index contributed by atoms with van der Waals surface area (Å²) < 4.78 is 58.1. The van der Waals surface area contributed by atoms with E-state index in [2.05, 4.69) is 4.72 Å². The molecule has 0 saturated carbocycles. The third-order valence-corrected chi connectivity index (χ3v) is 4.81. The Hall–Kier alpha value is -1.29. The van der Waals surface area contributed by atoms with Gasteiger partial charge >= 0.3 is 0 Å². The Kier molecular flexibility index (Phi) is 4.47. The van der Waals surface area contributed by atoms with E-state index in [9.17, 15) is 22.3 Å². The Labute approximate surface area is 121 Å². The van der Waals surface area contributed by atoms with Gasteiger partial charge in [-0.05, 0) is 12.1 Å². The van der Waals surface area contributed by atoms with Gasteiger partial charge in [-0.3, -0.25) is 0 Å². The molecule has 0 radical (unpaired) electrons. The lowest BCUT2D eigenvalue weighted by Crippen LogP contribution is -2.46. The van der Waals surface area contributed by atoms with E-state index in [0.717, 1.165) is 12.1 Å². The van der Waals surface area contributed by atoms with E-state index in [0.29, 0.717) is 13.2 Å². The second kappa shape index (κ2) is 5.84. The highest BCUT2D eigenvalue weighted by Crippen LogP contribution is 2.24. The van der Waals surface area contributed by atoms with Crippen LogP contribution in [0.3, 0.4) is 0 Å². The Balaban J connectivity index is 2.17. The van der Waals surface area contributed by atoms with Gasteiger partial charge in [-0.2, -0.15) is 0 Å². The molecular weight excluding hydrogens is 306 g/mol. The van der Waals surface area contributed by atoms with E-state index in [4.69, 9.17) is 10.5 Å². The van der Waals surface area contributed by atoms with Crippen LogP contribution in [0.15, 0.2) is 17.0 Å². The first kappa shape index (κ1) is 16.1. The van der Waals surface area contributed by atoms with Crippen molar-refractivity contribution in [3.63, 3.8) is 0 Å².